The number of benzene rings is 1. The van der Waals surface area contributed by atoms with E-state index in [0.717, 1.165) is 55.9 Å². The van der Waals surface area contributed by atoms with E-state index in [4.69, 9.17) is 4.74 Å². The molecule has 0 aromatic heterocycles. The highest BCUT2D eigenvalue weighted by Gasteiger charge is 2.33. The third-order valence-corrected chi connectivity index (χ3v) is 5.05. The highest BCUT2D eigenvalue weighted by atomic mass is 16.5. The summed E-state index contributed by atoms with van der Waals surface area (Å²) in [6, 6.07) is 8.28. The number of nitrogens with zero attached hydrogens (tertiary/aromatic N) is 2. The number of allylic oxidation sites excluding steroid dienone is 1. The molecule has 5 nitrogen and oxygen atoms in total. The van der Waals surface area contributed by atoms with Crippen LogP contribution in [0.5, 0.6) is 5.75 Å². The number of carbonyl (C=O) groups excluding carboxylic acids is 1. The normalized spacial score (nSPS) is 20.8. The van der Waals surface area contributed by atoms with Crippen LogP contribution in [0.3, 0.4) is 0 Å². The highest BCUT2D eigenvalue weighted by Crippen LogP contribution is 2.23. The maximum absolute atomic E-state index is 12.5. The van der Waals surface area contributed by atoms with Crippen molar-refractivity contribution >= 4 is 11.5 Å². The summed E-state index contributed by atoms with van der Waals surface area (Å²) in [4.78, 5) is 16.8. The predicted molar refractivity (Wildman–Crippen MR) is 93.8 cm³/mol. The van der Waals surface area contributed by atoms with E-state index in [-0.39, 0.29) is 12.0 Å². The molecule has 0 bridgehead atoms. The average molecular weight is 330 g/mol. The number of aliphatic hydroxyl groups excluding tert-OH is 1. The van der Waals surface area contributed by atoms with Gasteiger partial charge >= 0.3 is 0 Å². The number of carbonyl (C=O) groups is 1. The Labute approximate surface area is 143 Å². The van der Waals surface area contributed by atoms with Gasteiger partial charge < -0.3 is 14.7 Å². The second kappa shape index (κ2) is 7.36. The monoisotopic (exact) mass is 330 g/mol. The first-order valence-electron chi connectivity index (χ1n) is 8.60. The molecule has 0 spiro atoms. The fraction of sp³-hybridized carbons (Fsp3) is 0.526. The van der Waals surface area contributed by atoms with Crippen molar-refractivity contribution in [1.82, 2.24) is 9.80 Å². The third kappa shape index (κ3) is 3.79. The van der Waals surface area contributed by atoms with E-state index in [1.807, 2.05) is 36.1 Å². The van der Waals surface area contributed by atoms with Gasteiger partial charge in [0.2, 0.25) is 5.91 Å². The van der Waals surface area contributed by atoms with Crippen LogP contribution in [0, 0.1) is 0 Å². The molecule has 1 aromatic rings. The van der Waals surface area contributed by atoms with Crippen LogP contribution in [0.2, 0.25) is 0 Å². The quantitative estimate of drug-likeness (QED) is 0.855. The van der Waals surface area contributed by atoms with Gasteiger partial charge in [-0.15, -0.1) is 0 Å². The van der Waals surface area contributed by atoms with Crippen LogP contribution in [-0.2, 0) is 4.79 Å². The molecular formula is C19H26N2O3. The standard InChI is InChI=1S/C19H26N2O3/c1-14(15-4-3-5-18(11-15)24-2)10-19(23)20-8-6-16(7-9-20)21-12-17(22)13-21/h3-5,10-11,16-17,22H,6-9,12-13H2,1-2H3/b14-10+. The first-order valence-corrected chi connectivity index (χ1v) is 8.60. The first-order chi connectivity index (χ1) is 11.6. The maximum Gasteiger partial charge on any atom is 0.246 e. The molecule has 1 N–H and O–H groups in total. The van der Waals surface area contributed by atoms with Crippen LogP contribution in [0.1, 0.15) is 25.3 Å². The van der Waals surface area contributed by atoms with Crippen molar-refractivity contribution in [3.8, 4) is 5.75 Å². The zero-order valence-electron chi connectivity index (χ0n) is 14.4. The van der Waals surface area contributed by atoms with E-state index in [2.05, 4.69) is 4.90 Å². The summed E-state index contributed by atoms with van der Waals surface area (Å²) in [5, 5.41) is 9.41. The van der Waals surface area contributed by atoms with Crippen LogP contribution in [0.15, 0.2) is 30.3 Å². The molecule has 0 atom stereocenters. The van der Waals surface area contributed by atoms with Crippen LogP contribution in [0.25, 0.3) is 5.57 Å². The first kappa shape index (κ1) is 17.0. The summed E-state index contributed by atoms with van der Waals surface area (Å²) in [6.07, 6.45) is 3.55. The molecule has 0 saturated carbocycles. The van der Waals surface area contributed by atoms with Gasteiger partial charge in [-0.2, -0.15) is 0 Å². The van der Waals surface area contributed by atoms with E-state index < -0.39 is 0 Å². The Bertz CT molecular complexity index is 615. The Balaban J connectivity index is 1.56. The molecule has 0 unspecified atom stereocenters. The SMILES string of the molecule is COc1cccc(/C(C)=C/C(=O)N2CCC(N3CC(O)C3)CC2)c1. The van der Waals surface area contributed by atoms with Crippen LogP contribution < -0.4 is 4.74 Å². The van der Waals surface area contributed by atoms with Crippen molar-refractivity contribution in [3.63, 3.8) is 0 Å². The van der Waals surface area contributed by atoms with Gasteiger partial charge in [-0.1, -0.05) is 12.1 Å². The lowest BCUT2D eigenvalue weighted by Crippen LogP contribution is -2.58. The molecule has 2 aliphatic heterocycles. The lowest BCUT2D eigenvalue weighted by molar-refractivity contribution is -0.128. The van der Waals surface area contributed by atoms with E-state index in [0.29, 0.717) is 6.04 Å². The highest BCUT2D eigenvalue weighted by molar-refractivity contribution is 5.95. The van der Waals surface area contributed by atoms with E-state index in [1.165, 1.54) is 0 Å². The fourth-order valence-corrected chi connectivity index (χ4v) is 3.47. The van der Waals surface area contributed by atoms with Crippen LogP contribution >= 0.6 is 0 Å². The van der Waals surface area contributed by atoms with Crippen molar-refractivity contribution in [2.45, 2.75) is 31.9 Å². The van der Waals surface area contributed by atoms with Gasteiger partial charge in [-0.25, -0.2) is 0 Å². The molecule has 2 fully saturated rings. The summed E-state index contributed by atoms with van der Waals surface area (Å²) >= 11 is 0. The van der Waals surface area contributed by atoms with Crippen molar-refractivity contribution in [3.05, 3.63) is 35.9 Å². The molecule has 1 amide bonds. The Morgan fingerprint density at radius 1 is 1.29 bits per heavy atom. The Hall–Kier alpha value is -1.85. The van der Waals surface area contributed by atoms with E-state index in [1.54, 1.807) is 13.2 Å². The average Bonchev–Trinajstić information content (AvgIpc) is 2.59. The van der Waals surface area contributed by atoms with Crippen molar-refractivity contribution in [1.29, 1.82) is 0 Å². The maximum atomic E-state index is 12.5. The molecule has 0 radical (unpaired) electrons. The molecule has 3 rings (SSSR count). The topological polar surface area (TPSA) is 53.0 Å². The minimum Gasteiger partial charge on any atom is -0.497 e. The van der Waals surface area contributed by atoms with Gasteiger partial charge in [0.15, 0.2) is 0 Å². The molecule has 0 aliphatic carbocycles. The summed E-state index contributed by atoms with van der Waals surface area (Å²) in [7, 11) is 1.64. The number of β-amino-alcohol motifs (C(OH)–C–C–N with tert-alkyl or cyclic N) is 1. The van der Waals surface area contributed by atoms with Crippen LogP contribution in [0.4, 0.5) is 0 Å². The van der Waals surface area contributed by atoms with E-state index >= 15 is 0 Å². The Morgan fingerprint density at radius 3 is 2.62 bits per heavy atom. The van der Waals surface area contributed by atoms with Gasteiger partial charge in [-0.3, -0.25) is 9.69 Å². The van der Waals surface area contributed by atoms with Gasteiger partial charge in [0.1, 0.15) is 5.75 Å². The van der Waals surface area contributed by atoms with Crippen molar-refractivity contribution in [2.75, 3.05) is 33.3 Å². The van der Waals surface area contributed by atoms with Gasteiger partial charge in [0, 0.05) is 38.3 Å². The van der Waals surface area contributed by atoms with Crippen molar-refractivity contribution < 1.29 is 14.6 Å². The zero-order chi connectivity index (χ0) is 17.1. The molecule has 130 valence electrons. The number of ether oxygens (including phenoxy) is 1. The molecule has 1 aromatic carbocycles. The molecule has 2 saturated heterocycles. The number of likely N-dealkylation sites (tertiary alicyclic amines) is 2. The smallest absolute Gasteiger partial charge is 0.246 e. The molecule has 5 heteroatoms. The Morgan fingerprint density at radius 2 is 2.00 bits per heavy atom. The summed E-state index contributed by atoms with van der Waals surface area (Å²) in [6.45, 7) is 5.11. The lowest BCUT2D eigenvalue weighted by atomic mass is 9.98. The lowest BCUT2D eigenvalue weighted by Gasteiger charge is -2.45. The minimum atomic E-state index is -0.155. The number of piperidine rings is 1. The fourth-order valence-electron chi connectivity index (χ4n) is 3.47. The molecule has 2 heterocycles. The Kier molecular flexibility index (Phi) is 5.21. The number of amides is 1. The summed E-state index contributed by atoms with van der Waals surface area (Å²) in [5.74, 6) is 0.877. The summed E-state index contributed by atoms with van der Waals surface area (Å²) in [5.41, 5.74) is 1.96. The third-order valence-electron chi connectivity index (χ3n) is 5.05. The number of hydrogen-bond acceptors (Lipinski definition) is 4. The van der Waals surface area contributed by atoms with Gasteiger partial charge in [0.05, 0.1) is 13.2 Å². The van der Waals surface area contributed by atoms with Crippen molar-refractivity contribution in [2.24, 2.45) is 0 Å². The predicted octanol–water partition coefficient (Wildman–Crippen LogP) is 1.77. The van der Waals surface area contributed by atoms with Gasteiger partial charge in [0.25, 0.3) is 0 Å². The zero-order valence-corrected chi connectivity index (χ0v) is 14.4. The largest absolute Gasteiger partial charge is 0.497 e. The summed E-state index contributed by atoms with van der Waals surface area (Å²) < 4.78 is 5.24. The second-order valence-electron chi connectivity index (χ2n) is 6.72. The molecule has 24 heavy (non-hydrogen) atoms. The number of aliphatic hydroxyl groups is 1. The number of methoxy groups -OCH3 is 1. The second-order valence-corrected chi connectivity index (χ2v) is 6.72. The number of hydrogen-bond donors (Lipinski definition) is 1. The van der Waals surface area contributed by atoms with Crippen LogP contribution in [-0.4, -0.2) is 66.2 Å². The minimum absolute atomic E-state index is 0.0809. The number of rotatable bonds is 4. The molecule has 2 aliphatic rings. The molecular weight excluding hydrogens is 304 g/mol. The van der Waals surface area contributed by atoms with Gasteiger partial charge in [-0.05, 0) is 43.0 Å². The van der Waals surface area contributed by atoms with E-state index in [9.17, 15) is 9.90 Å².